The minimum Gasteiger partial charge on any atom is -0.423 e. The van der Waals surface area contributed by atoms with Crippen LogP contribution in [0.4, 0.5) is 0 Å². The summed E-state index contributed by atoms with van der Waals surface area (Å²) in [6, 6.07) is 58.2. The van der Waals surface area contributed by atoms with Crippen LogP contribution < -0.4 is 5.46 Å². The Morgan fingerprint density at radius 1 is 0.348 bits per heavy atom. The molecule has 6 aromatic carbocycles. The van der Waals surface area contributed by atoms with E-state index in [1.807, 2.05) is 176 Å². The predicted molar refractivity (Wildman–Crippen MR) is 267 cm³/mol. The Kier molecular flexibility index (Phi) is 15.1. The fraction of sp³-hybridized carbons (Fsp3) is 0. The van der Waals surface area contributed by atoms with Crippen LogP contribution in [0.1, 0.15) is 0 Å². The highest BCUT2D eigenvalue weighted by Crippen LogP contribution is 2.32. The molecule has 2 N–H and O–H groups in total. The Morgan fingerprint density at radius 2 is 0.697 bits per heavy atom. The Bertz CT molecular complexity index is 3020. The third kappa shape index (κ3) is 12.1. The number of rotatable bonds is 8. The Hall–Kier alpha value is -7.32. The molecule has 0 aliphatic heterocycles. The topological polar surface area (TPSA) is 144 Å². The molecular formula is C52H36BBrCl2N8O2. The zero-order valence-electron chi connectivity index (χ0n) is 34.8. The van der Waals surface area contributed by atoms with E-state index in [9.17, 15) is 0 Å². The highest BCUT2D eigenvalue weighted by atomic mass is 79.9. The molecule has 0 bridgehead atoms. The van der Waals surface area contributed by atoms with Gasteiger partial charge in [0.1, 0.15) is 0 Å². The number of halogens is 3. The normalized spacial score (nSPS) is 10.5. The summed E-state index contributed by atoms with van der Waals surface area (Å²) in [5.74, 6) is 3.65. The van der Waals surface area contributed by atoms with Gasteiger partial charge in [0.05, 0.1) is 0 Å². The molecule has 4 heterocycles. The first-order valence-corrected chi connectivity index (χ1v) is 22.0. The number of aromatic nitrogens is 8. The molecule has 320 valence electrons. The maximum Gasteiger partial charge on any atom is 0.490 e. The van der Waals surface area contributed by atoms with Crippen LogP contribution in [0.2, 0.25) is 10.0 Å². The lowest BCUT2D eigenvalue weighted by Gasteiger charge is -2.10. The van der Waals surface area contributed by atoms with Crippen molar-refractivity contribution in [1.29, 1.82) is 0 Å². The molecule has 14 heteroatoms. The highest BCUT2D eigenvalue weighted by Gasteiger charge is 2.15. The summed E-state index contributed by atoms with van der Waals surface area (Å²) < 4.78 is 0.878. The van der Waals surface area contributed by atoms with Gasteiger partial charge in [-0.1, -0.05) is 173 Å². The van der Waals surface area contributed by atoms with Gasteiger partial charge in [-0.2, -0.15) is 0 Å². The number of nitrogens with zero attached hydrogens (tertiary/aromatic N) is 8. The van der Waals surface area contributed by atoms with Gasteiger partial charge in [0.25, 0.3) is 0 Å². The van der Waals surface area contributed by atoms with E-state index in [0.717, 1.165) is 49.0 Å². The van der Waals surface area contributed by atoms with E-state index in [1.165, 1.54) is 6.20 Å². The number of hydrogen-bond acceptors (Lipinski definition) is 10. The van der Waals surface area contributed by atoms with Crippen molar-refractivity contribution in [3.8, 4) is 79.5 Å². The smallest absolute Gasteiger partial charge is 0.423 e. The van der Waals surface area contributed by atoms with Crippen molar-refractivity contribution in [2.24, 2.45) is 0 Å². The molecule has 0 spiro atoms. The van der Waals surface area contributed by atoms with Gasteiger partial charge in [-0.25, -0.2) is 29.9 Å². The van der Waals surface area contributed by atoms with Crippen molar-refractivity contribution in [3.05, 3.63) is 221 Å². The van der Waals surface area contributed by atoms with Crippen LogP contribution in [-0.2, 0) is 0 Å². The van der Waals surface area contributed by atoms with Crippen molar-refractivity contribution in [3.63, 3.8) is 0 Å². The van der Waals surface area contributed by atoms with E-state index >= 15 is 0 Å². The van der Waals surface area contributed by atoms with Gasteiger partial charge in [-0.05, 0) is 54.1 Å². The zero-order chi connectivity index (χ0) is 45.7. The summed E-state index contributed by atoms with van der Waals surface area (Å²) in [5, 5.41) is 18.3. The monoisotopic (exact) mass is 964 g/mol. The summed E-state index contributed by atoms with van der Waals surface area (Å²) in [5.41, 5.74) is 7.74. The molecule has 0 amide bonds. The summed E-state index contributed by atoms with van der Waals surface area (Å²) in [4.78, 5) is 36.2. The van der Waals surface area contributed by atoms with Gasteiger partial charge in [0, 0.05) is 83.7 Å². The summed E-state index contributed by atoms with van der Waals surface area (Å²) in [7, 11) is -1.40. The van der Waals surface area contributed by atoms with Crippen molar-refractivity contribution < 1.29 is 10.0 Å². The molecule has 4 aromatic heterocycles. The van der Waals surface area contributed by atoms with Gasteiger partial charge in [0.2, 0.25) is 0 Å². The first-order chi connectivity index (χ1) is 32.3. The zero-order valence-corrected chi connectivity index (χ0v) is 37.9. The van der Waals surface area contributed by atoms with Crippen LogP contribution in [0.15, 0.2) is 211 Å². The molecule has 0 aliphatic rings. The SMILES string of the molecule is Clc1cc(-c2cccnc2)cc(-c2nc(-c3ccccc3)nc(-c3ccccc3)n2)c1.Clc1cc(Br)cc(-c2nc(-c3ccccc3)nc(-c3ccccc3)n2)c1.OB(O)c1cccnc1. The molecule has 10 nitrogen and oxygen atoms in total. The van der Waals surface area contributed by atoms with Crippen molar-refractivity contribution in [1.82, 2.24) is 39.9 Å². The van der Waals surface area contributed by atoms with Crippen LogP contribution >= 0.6 is 39.1 Å². The molecule has 0 fully saturated rings. The van der Waals surface area contributed by atoms with Crippen LogP contribution in [0.3, 0.4) is 0 Å². The Labute approximate surface area is 400 Å². The second kappa shape index (κ2) is 22.0. The summed E-state index contributed by atoms with van der Waals surface area (Å²) in [6.07, 6.45) is 6.55. The fourth-order valence-electron chi connectivity index (χ4n) is 6.51. The van der Waals surface area contributed by atoms with Gasteiger partial charge in [0.15, 0.2) is 34.9 Å². The quantitative estimate of drug-likeness (QED) is 0.141. The molecule has 0 saturated carbocycles. The number of benzene rings is 6. The first kappa shape index (κ1) is 45.3. The highest BCUT2D eigenvalue weighted by molar-refractivity contribution is 9.10. The van der Waals surface area contributed by atoms with E-state index < -0.39 is 7.12 Å². The second-order valence-electron chi connectivity index (χ2n) is 14.4. The van der Waals surface area contributed by atoms with Crippen molar-refractivity contribution in [2.75, 3.05) is 0 Å². The van der Waals surface area contributed by atoms with Gasteiger partial charge < -0.3 is 10.0 Å². The van der Waals surface area contributed by atoms with Crippen LogP contribution in [0.25, 0.3) is 79.5 Å². The van der Waals surface area contributed by atoms with Crippen molar-refractivity contribution in [2.45, 2.75) is 0 Å². The lowest BCUT2D eigenvalue weighted by atomic mass is 9.82. The predicted octanol–water partition coefficient (Wildman–Crippen LogP) is 11.6. The third-order valence-corrected chi connectivity index (χ3v) is 10.5. The van der Waals surface area contributed by atoms with E-state index in [1.54, 1.807) is 24.5 Å². The van der Waals surface area contributed by atoms with Crippen LogP contribution in [0.5, 0.6) is 0 Å². The van der Waals surface area contributed by atoms with E-state index in [2.05, 4.69) is 40.8 Å². The van der Waals surface area contributed by atoms with E-state index in [-0.39, 0.29) is 0 Å². The molecule has 0 unspecified atom stereocenters. The minimum atomic E-state index is -1.40. The van der Waals surface area contributed by atoms with Gasteiger partial charge in [-0.3, -0.25) is 9.97 Å². The van der Waals surface area contributed by atoms with Crippen LogP contribution in [0, 0.1) is 0 Å². The van der Waals surface area contributed by atoms with Crippen LogP contribution in [-0.4, -0.2) is 57.0 Å². The average molecular weight is 967 g/mol. The second-order valence-corrected chi connectivity index (χ2v) is 16.2. The molecule has 10 rings (SSSR count). The largest absolute Gasteiger partial charge is 0.490 e. The maximum atomic E-state index is 8.54. The lowest BCUT2D eigenvalue weighted by Crippen LogP contribution is -2.29. The van der Waals surface area contributed by atoms with E-state index in [0.29, 0.717) is 50.5 Å². The lowest BCUT2D eigenvalue weighted by molar-refractivity contribution is 0.425. The summed E-state index contributed by atoms with van der Waals surface area (Å²) >= 11 is 16.2. The molecule has 0 atom stereocenters. The Balaban J connectivity index is 0.000000153. The fourth-order valence-corrected chi connectivity index (χ4v) is 7.60. The average Bonchev–Trinajstić information content (AvgIpc) is 3.37. The maximum absolute atomic E-state index is 8.54. The molecule has 10 aromatic rings. The molecular weight excluding hydrogens is 930 g/mol. The first-order valence-electron chi connectivity index (χ1n) is 20.4. The van der Waals surface area contributed by atoms with Crippen molar-refractivity contribution >= 4 is 51.7 Å². The molecule has 0 aliphatic carbocycles. The Morgan fingerprint density at radius 3 is 1.05 bits per heavy atom. The van der Waals surface area contributed by atoms with Gasteiger partial charge >= 0.3 is 7.12 Å². The standard InChI is InChI=1S/C26H17ClN4.C21H13BrClN3.C5H6BNO2/c27-23-15-21(20-12-7-13-28-17-20)14-22(16-23)26-30-24(18-8-3-1-4-9-18)29-25(31-26)19-10-5-2-6-11-19;22-17-11-16(12-18(23)13-17)21-25-19(14-7-3-1-4-8-14)24-20(26-21)15-9-5-2-6-10-15;8-6(9)5-2-1-3-7-4-5/h1-17H;1-13H;1-4,8-9H. The molecule has 0 saturated heterocycles. The summed E-state index contributed by atoms with van der Waals surface area (Å²) in [6.45, 7) is 0. The number of pyridine rings is 2. The van der Waals surface area contributed by atoms with Gasteiger partial charge in [-0.15, -0.1) is 0 Å². The molecule has 0 radical (unpaired) electrons. The third-order valence-electron chi connectivity index (χ3n) is 9.65. The molecule has 66 heavy (non-hydrogen) atoms. The van der Waals surface area contributed by atoms with E-state index in [4.69, 9.17) is 48.2 Å². The minimum absolute atomic E-state index is 0.414. The number of hydrogen-bond donors (Lipinski definition) is 2.